The first-order valence-corrected chi connectivity index (χ1v) is 9.16. The minimum Gasteiger partial charge on any atom is -0.477 e. The number of benzene rings is 1. The highest BCUT2D eigenvalue weighted by atomic mass is 32.1. The number of rotatable bonds is 5. The second kappa shape index (κ2) is 6.40. The maximum Gasteiger partial charge on any atom is 0.347 e. The molecule has 0 unspecified atom stereocenters. The monoisotopic (exact) mass is 342 g/mol. The van der Waals surface area contributed by atoms with E-state index in [1.807, 2.05) is 11.3 Å². The van der Waals surface area contributed by atoms with E-state index in [0.717, 1.165) is 34.0 Å². The van der Waals surface area contributed by atoms with Crippen LogP contribution >= 0.6 is 11.3 Å². The van der Waals surface area contributed by atoms with E-state index in [1.54, 1.807) is 0 Å². The molecule has 1 N–H and O–H groups in total. The number of hydrogen-bond donors (Lipinski definition) is 1. The van der Waals surface area contributed by atoms with Crippen LogP contribution in [0.25, 0.3) is 16.2 Å². The lowest BCUT2D eigenvalue weighted by Crippen LogP contribution is -2.03. The molecule has 0 bridgehead atoms. The van der Waals surface area contributed by atoms with Gasteiger partial charge < -0.3 is 5.11 Å². The van der Waals surface area contributed by atoms with Gasteiger partial charge in [0.25, 0.3) is 0 Å². The molecule has 0 aliphatic carbocycles. The largest absolute Gasteiger partial charge is 0.477 e. The molecule has 0 amide bonds. The summed E-state index contributed by atoms with van der Waals surface area (Å²) in [5, 5.41) is 9.42. The van der Waals surface area contributed by atoms with Crippen LogP contribution in [-0.2, 0) is 12.8 Å². The fraction of sp³-hybridized carbons (Fsp3) is 0.368. The molecule has 2 heterocycles. The van der Waals surface area contributed by atoms with Crippen LogP contribution in [0.4, 0.5) is 0 Å². The first-order valence-electron chi connectivity index (χ1n) is 8.34. The van der Waals surface area contributed by atoms with E-state index in [4.69, 9.17) is 4.98 Å². The molecule has 2 aromatic heterocycles. The molecule has 0 saturated carbocycles. The predicted octanol–water partition coefficient (Wildman–Crippen LogP) is 5.01. The lowest BCUT2D eigenvalue weighted by Gasteiger charge is -2.08. The third kappa shape index (κ3) is 2.63. The van der Waals surface area contributed by atoms with Crippen LogP contribution in [0.3, 0.4) is 0 Å². The maximum atomic E-state index is 11.5. The van der Waals surface area contributed by atoms with E-state index in [1.165, 1.54) is 16.9 Å². The third-order valence-corrected chi connectivity index (χ3v) is 5.45. The van der Waals surface area contributed by atoms with E-state index in [-0.39, 0.29) is 0 Å². The molecular formula is C19H22N2O2S. The molecule has 0 saturated heterocycles. The Morgan fingerprint density at radius 3 is 2.29 bits per heavy atom. The average Bonchev–Trinajstić information content (AvgIpc) is 3.10. The van der Waals surface area contributed by atoms with Crippen LogP contribution in [0.1, 0.15) is 60.2 Å². The van der Waals surface area contributed by atoms with Crippen LogP contribution in [0, 0.1) is 0 Å². The molecule has 0 aliphatic heterocycles. The summed E-state index contributed by atoms with van der Waals surface area (Å²) in [7, 11) is 0. The summed E-state index contributed by atoms with van der Waals surface area (Å²) in [5.41, 5.74) is 5.29. The van der Waals surface area contributed by atoms with E-state index in [9.17, 15) is 9.90 Å². The van der Waals surface area contributed by atoms with Gasteiger partial charge in [0.15, 0.2) is 4.96 Å². The van der Waals surface area contributed by atoms with Gasteiger partial charge in [-0.1, -0.05) is 63.3 Å². The Labute approximate surface area is 145 Å². The van der Waals surface area contributed by atoms with Gasteiger partial charge in [0, 0.05) is 11.3 Å². The number of carboxylic acid groups (broad SMARTS) is 1. The highest BCUT2D eigenvalue weighted by Crippen LogP contribution is 2.32. The van der Waals surface area contributed by atoms with Gasteiger partial charge in [-0.2, -0.15) is 0 Å². The molecule has 24 heavy (non-hydrogen) atoms. The number of nitrogens with zero attached hydrogens (tertiary/aromatic N) is 2. The number of aromatic carboxylic acids is 1. The summed E-state index contributed by atoms with van der Waals surface area (Å²) in [4.78, 5) is 17.4. The Morgan fingerprint density at radius 1 is 1.17 bits per heavy atom. The standard InChI is InChI=1S/C19H22N2O2S/c1-5-14-16(13-9-7-12(8-10-13)11(3)4)20-19-21(14)15(6-2)17(24-19)18(22)23/h7-11H,5-6H2,1-4H3,(H,22,23). The maximum absolute atomic E-state index is 11.5. The normalized spacial score (nSPS) is 11.5. The Balaban J connectivity index is 2.19. The van der Waals surface area contributed by atoms with E-state index in [0.29, 0.717) is 17.2 Å². The summed E-state index contributed by atoms with van der Waals surface area (Å²) >= 11 is 1.26. The predicted molar refractivity (Wildman–Crippen MR) is 98.3 cm³/mol. The molecule has 0 spiro atoms. The number of imidazole rings is 1. The van der Waals surface area contributed by atoms with Crippen molar-refractivity contribution in [2.45, 2.75) is 46.5 Å². The Morgan fingerprint density at radius 2 is 1.79 bits per heavy atom. The van der Waals surface area contributed by atoms with Crippen molar-refractivity contribution in [1.82, 2.24) is 9.38 Å². The molecule has 5 heteroatoms. The van der Waals surface area contributed by atoms with Crippen molar-refractivity contribution in [3.8, 4) is 11.3 Å². The van der Waals surface area contributed by atoms with Gasteiger partial charge >= 0.3 is 5.97 Å². The first kappa shape index (κ1) is 16.7. The van der Waals surface area contributed by atoms with E-state index < -0.39 is 5.97 Å². The molecule has 0 fully saturated rings. The number of fused-ring (bicyclic) bond motifs is 1. The molecule has 0 aliphatic rings. The van der Waals surface area contributed by atoms with E-state index >= 15 is 0 Å². The van der Waals surface area contributed by atoms with Crippen LogP contribution in [-0.4, -0.2) is 20.5 Å². The van der Waals surface area contributed by atoms with E-state index in [2.05, 4.69) is 45.0 Å². The first-order chi connectivity index (χ1) is 11.5. The van der Waals surface area contributed by atoms with Gasteiger partial charge in [-0.05, 0) is 24.3 Å². The van der Waals surface area contributed by atoms with Gasteiger partial charge in [-0.3, -0.25) is 4.40 Å². The second-order valence-corrected chi connectivity index (χ2v) is 7.17. The zero-order valence-corrected chi connectivity index (χ0v) is 15.3. The minimum absolute atomic E-state index is 0.399. The fourth-order valence-corrected chi connectivity index (χ4v) is 4.17. The summed E-state index contributed by atoms with van der Waals surface area (Å²) in [6.07, 6.45) is 1.49. The Kier molecular flexibility index (Phi) is 4.45. The van der Waals surface area contributed by atoms with Crippen molar-refractivity contribution >= 4 is 22.3 Å². The summed E-state index contributed by atoms with van der Waals surface area (Å²) in [6, 6.07) is 8.53. The van der Waals surface area contributed by atoms with Crippen LogP contribution < -0.4 is 0 Å². The molecule has 0 atom stereocenters. The Bertz CT molecular complexity index is 888. The van der Waals surface area contributed by atoms with Crippen LogP contribution in [0.15, 0.2) is 24.3 Å². The van der Waals surface area contributed by atoms with Crippen molar-refractivity contribution in [2.75, 3.05) is 0 Å². The number of aryl methyl sites for hydroxylation is 2. The molecule has 0 radical (unpaired) electrons. The van der Waals surface area contributed by atoms with Crippen LogP contribution in [0.5, 0.6) is 0 Å². The highest BCUT2D eigenvalue weighted by Gasteiger charge is 2.22. The van der Waals surface area contributed by atoms with Crippen molar-refractivity contribution in [2.24, 2.45) is 0 Å². The van der Waals surface area contributed by atoms with Gasteiger partial charge in [-0.15, -0.1) is 0 Å². The lowest BCUT2D eigenvalue weighted by atomic mass is 10.00. The quantitative estimate of drug-likeness (QED) is 0.709. The molecule has 1 aromatic carbocycles. The van der Waals surface area contributed by atoms with Crippen LogP contribution in [0.2, 0.25) is 0 Å². The van der Waals surface area contributed by atoms with Gasteiger partial charge in [0.1, 0.15) is 4.88 Å². The number of carbonyl (C=O) groups is 1. The average molecular weight is 342 g/mol. The summed E-state index contributed by atoms with van der Waals surface area (Å²) in [5.74, 6) is -0.368. The number of carboxylic acids is 1. The zero-order chi connectivity index (χ0) is 17.4. The van der Waals surface area contributed by atoms with Gasteiger partial charge in [0.2, 0.25) is 0 Å². The molecule has 3 rings (SSSR count). The molecular weight excluding hydrogens is 320 g/mol. The topological polar surface area (TPSA) is 54.6 Å². The van der Waals surface area contributed by atoms with Gasteiger partial charge in [0.05, 0.1) is 11.4 Å². The lowest BCUT2D eigenvalue weighted by molar-refractivity contribution is 0.0700. The van der Waals surface area contributed by atoms with Crippen molar-refractivity contribution < 1.29 is 9.90 Å². The SMILES string of the molecule is CCc1c(-c2ccc(C(C)C)cc2)nc2sc(C(=O)O)c(CC)n12. The number of thiazole rings is 1. The number of hydrogen-bond acceptors (Lipinski definition) is 3. The van der Waals surface area contributed by atoms with Crippen molar-refractivity contribution in [3.63, 3.8) is 0 Å². The summed E-state index contributed by atoms with van der Waals surface area (Å²) in [6.45, 7) is 8.44. The third-order valence-electron chi connectivity index (χ3n) is 4.38. The molecule has 4 nitrogen and oxygen atoms in total. The zero-order valence-electron chi connectivity index (χ0n) is 14.5. The molecule has 126 valence electrons. The highest BCUT2D eigenvalue weighted by molar-refractivity contribution is 7.19. The Hall–Kier alpha value is -2.14. The minimum atomic E-state index is -0.868. The van der Waals surface area contributed by atoms with Crippen molar-refractivity contribution in [1.29, 1.82) is 0 Å². The second-order valence-electron chi connectivity index (χ2n) is 6.19. The van der Waals surface area contributed by atoms with Gasteiger partial charge in [-0.25, -0.2) is 9.78 Å². The van der Waals surface area contributed by atoms with Crippen molar-refractivity contribution in [3.05, 3.63) is 46.1 Å². The molecule has 3 aromatic rings. The smallest absolute Gasteiger partial charge is 0.347 e. The fourth-order valence-electron chi connectivity index (χ4n) is 3.10. The summed E-state index contributed by atoms with van der Waals surface area (Å²) < 4.78 is 2.04. The number of aromatic nitrogens is 2.